The Hall–Kier alpha value is -2.39. The van der Waals surface area contributed by atoms with Crippen molar-refractivity contribution in [2.75, 3.05) is 0 Å². The second kappa shape index (κ2) is 8.81. The Morgan fingerprint density at radius 2 is 1.96 bits per heavy atom. The van der Waals surface area contributed by atoms with Crippen molar-refractivity contribution < 1.29 is 9.59 Å². The zero-order chi connectivity index (χ0) is 19.3. The lowest BCUT2D eigenvalue weighted by atomic mass is 9.93. The van der Waals surface area contributed by atoms with Gasteiger partial charge < -0.3 is 5.73 Å². The molecule has 26 heavy (non-hydrogen) atoms. The van der Waals surface area contributed by atoms with Gasteiger partial charge in [0.1, 0.15) is 0 Å². The molecule has 0 saturated heterocycles. The van der Waals surface area contributed by atoms with Gasteiger partial charge in [-0.25, -0.2) is 0 Å². The van der Waals surface area contributed by atoms with Crippen LogP contribution in [0.3, 0.4) is 0 Å². The van der Waals surface area contributed by atoms with Crippen LogP contribution in [0.5, 0.6) is 0 Å². The Balaban J connectivity index is 2.42. The zero-order valence-corrected chi connectivity index (χ0v) is 16.1. The van der Waals surface area contributed by atoms with Gasteiger partial charge in [0.25, 0.3) is 0 Å². The van der Waals surface area contributed by atoms with E-state index in [4.69, 9.17) is 22.9 Å². The second-order valence-electron chi connectivity index (χ2n) is 5.75. The normalized spacial score (nSPS) is 16.2. The molecule has 2 rings (SSSR count). The fourth-order valence-corrected chi connectivity index (χ4v) is 3.37. The average molecular weight is 389 g/mol. The third-order valence-corrected chi connectivity index (χ3v) is 4.84. The number of primary amides is 1. The van der Waals surface area contributed by atoms with Crippen LogP contribution in [0.4, 0.5) is 0 Å². The fraction of sp³-hybridized carbons (Fsp3) is 0.222. The van der Waals surface area contributed by atoms with E-state index in [1.165, 1.54) is 0 Å². The number of hydrogen-bond donors (Lipinski definition) is 1. The predicted octanol–water partition coefficient (Wildman–Crippen LogP) is 4.25. The van der Waals surface area contributed by atoms with Gasteiger partial charge in [-0.05, 0) is 57.6 Å². The first-order chi connectivity index (χ1) is 12.4. The zero-order valence-electron chi connectivity index (χ0n) is 14.1. The Kier molecular flexibility index (Phi) is 6.76. The molecule has 0 aliphatic heterocycles. The summed E-state index contributed by atoms with van der Waals surface area (Å²) in [5.74, 6) is -1.70. The molecule has 1 aliphatic carbocycles. The number of carbonyl (C=O) groups is 2. The third kappa shape index (κ3) is 4.61. The predicted molar refractivity (Wildman–Crippen MR) is 106 cm³/mol. The smallest absolute Gasteiger partial charge is 0.249 e. The number of halogens is 1. The molecule has 1 aromatic rings. The molecule has 0 radical (unpaired) electrons. The Labute approximate surface area is 158 Å². The van der Waals surface area contributed by atoms with Crippen molar-refractivity contribution in [3.8, 4) is 0 Å². The summed E-state index contributed by atoms with van der Waals surface area (Å²) in [6, 6.07) is 3.48. The number of rotatable bonds is 5. The lowest BCUT2D eigenvalue weighted by Crippen LogP contribution is -2.17. The van der Waals surface area contributed by atoms with Gasteiger partial charge in [0.15, 0.2) is 0 Å². The number of amides is 2. The van der Waals surface area contributed by atoms with Crippen LogP contribution in [0, 0.1) is 5.92 Å². The molecular weight excluding hydrogens is 371 g/mol. The van der Waals surface area contributed by atoms with E-state index in [2.05, 4.69) is 19.3 Å². The largest absolute Gasteiger partial charge is 0.366 e. The quantitative estimate of drug-likeness (QED) is 0.352. The Bertz CT molecular complexity index is 899. The van der Waals surface area contributed by atoms with Crippen molar-refractivity contribution in [2.24, 2.45) is 16.8 Å². The van der Waals surface area contributed by atoms with E-state index >= 15 is 0 Å². The number of hydrogen-bond acceptors (Lipinski definition) is 2. The molecule has 2 amide bonds. The summed E-state index contributed by atoms with van der Waals surface area (Å²) in [6.07, 6.45) is 7.94. The highest BCUT2D eigenvalue weighted by Gasteiger charge is 2.17. The number of carbonyl (C=O) groups excluding carboxylic acids is 2. The number of nitrogens with zero attached hydrogens (tertiary/aromatic N) is 3. The van der Waals surface area contributed by atoms with E-state index in [0.29, 0.717) is 23.4 Å². The average Bonchev–Trinajstić information content (AvgIpc) is 2.76. The van der Waals surface area contributed by atoms with Crippen LogP contribution in [0.25, 0.3) is 10.4 Å². The highest BCUT2D eigenvalue weighted by atomic mass is 35.5. The van der Waals surface area contributed by atoms with Crippen LogP contribution in [-0.2, 0) is 17.6 Å². The minimum atomic E-state index is -0.625. The minimum Gasteiger partial charge on any atom is -0.366 e. The molecule has 8 heteroatoms. The molecule has 0 fully saturated rings. The van der Waals surface area contributed by atoms with Gasteiger partial charge in [-0.3, -0.25) is 9.59 Å². The first-order valence-corrected chi connectivity index (χ1v) is 8.88. The summed E-state index contributed by atoms with van der Waals surface area (Å²) in [7, 11) is 2.60. The molecular formula is C18H18ClN4O2P. The van der Waals surface area contributed by atoms with Crippen LogP contribution in [0.1, 0.15) is 28.4 Å². The maximum absolute atomic E-state index is 12.0. The molecule has 0 heterocycles. The van der Waals surface area contributed by atoms with Crippen molar-refractivity contribution in [3.63, 3.8) is 0 Å². The van der Waals surface area contributed by atoms with Gasteiger partial charge in [0, 0.05) is 15.5 Å². The maximum atomic E-state index is 12.0. The van der Waals surface area contributed by atoms with Crippen molar-refractivity contribution >= 4 is 32.7 Å². The number of benzene rings is 1. The van der Waals surface area contributed by atoms with Crippen LogP contribution in [0.15, 0.2) is 52.4 Å². The first kappa shape index (κ1) is 19.9. The van der Waals surface area contributed by atoms with E-state index in [-0.39, 0.29) is 0 Å². The first-order valence-electron chi connectivity index (χ1n) is 7.92. The van der Waals surface area contributed by atoms with Crippen molar-refractivity contribution in [2.45, 2.75) is 19.8 Å². The summed E-state index contributed by atoms with van der Waals surface area (Å²) in [4.78, 5) is 26.2. The topological polar surface area (TPSA) is 109 Å². The van der Waals surface area contributed by atoms with Crippen LogP contribution < -0.4 is 5.73 Å². The summed E-state index contributed by atoms with van der Waals surface area (Å²) in [5.41, 5.74) is 16.9. The third-order valence-electron chi connectivity index (χ3n) is 4.06. The van der Waals surface area contributed by atoms with Crippen LogP contribution >= 0.6 is 20.8 Å². The minimum absolute atomic E-state index is 0.425. The number of allylic oxidation sites excluding steroid dienone is 4. The highest BCUT2D eigenvalue weighted by Crippen LogP contribution is 2.29. The van der Waals surface area contributed by atoms with E-state index in [1.54, 1.807) is 36.4 Å². The Morgan fingerprint density at radius 1 is 1.31 bits per heavy atom. The number of aryl methyl sites for hydroxylation is 1. The van der Waals surface area contributed by atoms with Crippen molar-refractivity contribution in [3.05, 3.63) is 79.5 Å². The summed E-state index contributed by atoms with van der Waals surface area (Å²) >= 11 is 6.19. The second-order valence-corrected chi connectivity index (χ2v) is 6.80. The molecule has 0 saturated carbocycles. The summed E-state index contributed by atoms with van der Waals surface area (Å²) in [5, 5.41) is 4.52. The monoisotopic (exact) mass is 388 g/mol. The highest BCUT2D eigenvalue weighted by molar-refractivity contribution is 7.23. The molecule has 1 aliphatic rings. The van der Waals surface area contributed by atoms with Crippen molar-refractivity contribution in [1.82, 2.24) is 0 Å². The molecule has 6 nitrogen and oxygen atoms in total. The number of azide groups is 1. The van der Waals surface area contributed by atoms with Gasteiger partial charge in [-0.1, -0.05) is 42.8 Å². The fourth-order valence-electron chi connectivity index (χ4n) is 2.80. The number of nitrogens with two attached hydrogens (primary N) is 1. The van der Waals surface area contributed by atoms with E-state index in [1.807, 2.05) is 6.92 Å². The molecule has 134 valence electrons. The van der Waals surface area contributed by atoms with Gasteiger partial charge in [-0.2, -0.15) is 0 Å². The van der Waals surface area contributed by atoms with Crippen molar-refractivity contribution in [1.29, 1.82) is 0 Å². The SMILES string of the molecule is CCc1cc(Cl)cc(CC2=C(P)C=CC(C(=O)N=[N+]=[N-])C=C2)c1C(N)=O. The summed E-state index contributed by atoms with van der Waals surface area (Å²) in [6.45, 7) is 1.93. The Morgan fingerprint density at radius 3 is 2.58 bits per heavy atom. The van der Waals surface area contributed by atoms with Gasteiger partial charge in [0.2, 0.25) is 11.8 Å². The van der Waals surface area contributed by atoms with E-state index < -0.39 is 17.7 Å². The molecule has 1 aromatic carbocycles. The maximum Gasteiger partial charge on any atom is 0.249 e. The molecule has 0 aromatic heterocycles. The van der Waals surface area contributed by atoms with Gasteiger partial charge >= 0.3 is 0 Å². The van der Waals surface area contributed by atoms with Gasteiger partial charge in [0.05, 0.1) is 5.92 Å². The lowest BCUT2D eigenvalue weighted by Gasteiger charge is -2.14. The molecule has 2 atom stereocenters. The van der Waals surface area contributed by atoms with Gasteiger partial charge in [-0.15, -0.1) is 9.24 Å². The molecule has 0 bridgehead atoms. The molecule has 0 spiro atoms. The lowest BCUT2D eigenvalue weighted by molar-refractivity contribution is -0.119. The standard InChI is InChI=1S/C18H18ClN4O2P/c1-2-10-8-14(19)9-13(16(10)17(20)24)7-12-4-3-11(5-6-15(12)26)18(25)22-23-21/h3-6,8-9,11H,2,7,26H2,1H3,(H2,20,24). The van der Waals surface area contributed by atoms with E-state index in [0.717, 1.165) is 22.0 Å². The summed E-state index contributed by atoms with van der Waals surface area (Å²) < 4.78 is 0. The van der Waals surface area contributed by atoms with E-state index in [9.17, 15) is 9.59 Å². The van der Waals surface area contributed by atoms with Crippen LogP contribution in [-0.4, -0.2) is 11.8 Å². The molecule has 2 N–H and O–H groups in total. The van der Waals surface area contributed by atoms with Crippen LogP contribution in [0.2, 0.25) is 5.02 Å². The molecule has 2 unspecified atom stereocenters.